The molecule has 5 heteroatoms. The van der Waals surface area contributed by atoms with E-state index in [4.69, 9.17) is 10.5 Å². The second-order valence-electron chi connectivity index (χ2n) is 2.22. The normalized spacial score (nSPS) is 16.1. The fraction of sp³-hybridized carbons (Fsp3) is 0.833. The van der Waals surface area contributed by atoms with E-state index in [1.807, 2.05) is 4.90 Å². The number of halogens is 1. The van der Waals surface area contributed by atoms with Crippen LogP contribution in [-0.2, 0) is 4.74 Å². The van der Waals surface area contributed by atoms with Gasteiger partial charge in [0.25, 0.3) is 0 Å². The van der Waals surface area contributed by atoms with Gasteiger partial charge in [-0.05, 0) is 0 Å². The number of nitrogens with zero attached hydrogens (tertiary/aromatic N) is 2. The Morgan fingerprint density at radius 2 is 2.45 bits per heavy atom. The topological polar surface area (TPSA) is 50.8 Å². The van der Waals surface area contributed by atoms with Crippen LogP contribution in [-0.4, -0.2) is 44.2 Å². The maximum Gasteiger partial charge on any atom is 0.191 e. The molecule has 1 aliphatic rings. The van der Waals surface area contributed by atoms with Gasteiger partial charge in [0.15, 0.2) is 5.96 Å². The minimum Gasteiger partial charge on any atom is -0.383 e. The summed E-state index contributed by atoms with van der Waals surface area (Å²) in [5.41, 5.74) is 5.54. The van der Waals surface area contributed by atoms with E-state index in [1.165, 1.54) is 0 Å². The Morgan fingerprint density at radius 3 is 2.91 bits per heavy atom. The number of methoxy groups -OCH3 is 1. The maximum atomic E-state index is 5.54. The van der Waals surface area contributed by atoms with Crippen LogP contribution in [0.3, 0.4) is 0 Å². The van der Waals surface area contributed by atoms with E-state index in [2.05, 4.69) is 4.99 Å². The Bertz CT molecular complexity index is 140. The minimum atomic E-state index is 0. The largest absolute Gasteiger partial charge is 0.383 e. The highest BCUT2D eigenvalue weighted by molar-refractivity contribution is 8.93. The molecule has 0 radical (unpaired) electrons. The first-order chi connectivity index (χ1) is 4.84. The van der Waals surface area contributed by atoms with Crippen molar-refractivity contribution in [2.45, 2.75) is 0 Å². The average Bonchev–Trinajstić information content (AvgIpc) is 2.31. The van der Waals surface area contributed by atoms with Crippen molar-refractivity contribution in [3.05, 3.63) is 0 Å². The highest BCUT2D eigenvalue weighted by Crippen LogP contribution is 1.95. The van der Waals surface area contributed by atoms with Crippen molar-refractivity contribution in [3.63, 3.8) is 0 Å². The predicted molar refractivity (Wildman–Crippen MR) is 50.3 cm³/mol. The van der Waals surface area contributed by atoms with Gasteiger partial charge in [-0.3, -0.25) is 4.99 Å². The van der Waals surface area contributed by atoms with Crippen LogP contribution in [0.1, 0.15) is 0 Å². The van der Waals surface area contributed by atoms with Gasteiger partial charge >= 0.3 is 0 Å². The third-order valence-corrected chi connectivity index (χ3v) is 1.53. The van der Waals surface area contributed by atoms with E-state index in [9.17, 15) is 0 Å². The molecule has 0 saturated heterocycles. The quantitative estimate of drug-likeness (QED) is 0.724. The first-order valence-electron chi connectivity index (χ1n) is 3.38. The molecule has 0 saturated carbocycles. The van der Waals surface area contributed by atoms with E-state index < -0.39 is 0 Å². The first-order valence-corrected chi connectivity index (χ1v) is 3.38. The molecule has 0 atom stereocenters. The van der Waals surface area contributed by atoms with Crippen LogP contribution in [0.5, 0.6) is 0 Å². The zero-order chi connectivity index (χ0) is 7.40. The van der Waals surface area contributed by atoms with Gasteiger partial charge < -0.3 is 15.4 Å². The summed E-state index contributed by atoms with van der Waals surface area (Å²) in [6.45, 7) is 3.34. The van der Waals surface area contributed by atoms with Crippen molar-refractivity contribution in [1.82, 2.24) is 4.90 Å². The Labute approximate surface area is 77.2 Å². The van der Waals surface area contributed by atoms with Crippen LogP contribution in [0.4, 0.5) is 0 Å². The van der Waals surface area contributed by atoms with Gasteiger partial charge in [0, 0.05) is 20.2 Å². The minimum absolute atomic E-state index is 0. The van der Waals surface area contributed by atoms with Gasteiger partial charge in [0.2, 0.25) is 0 Å². The molecule has 11 heavy (non-hydrogen) atoms. The number of hydrogen-bond acceptors (Lipinski definition) is 4. The molecule has 0 aliphatic carbocycles. The molecule has 2 N–H and O–H groups in total. The Kier molecular flexibility index (Phi) is 5.23. The van der Waals surface area contributed by atoms with Gasteiger partial charge in [-0.2, -0.15) is 0 Å². The highest BCUT2D eigenvalue weighted by Gasteiger charge is 2.11. The molecule has 66 valence electrons. The molecular weight excluding hydrogens is 210 g/mol. The number of ether oxygens (including phenoxy) is 1. The summed E-state index contributed by atoms with van der Waals surface area (Å²) in [4.78, 5) is 6.05. The summed E-state index contributed by atoms with van der Waals surface area (Å²) < 4.78 is 4.90. The van der Waals surface area contributed by atoms with Crippen LogP contribution in [0, 0.1) is 0 Å². The number of nitrogens with two attached hydrogens (primary N) is 1. The zero-order valence-corrected chi connectivity index (χ0v) is 8.33. The summed E-state index contributed by atoms with van der Waals surface area (Å²) in [6, 6.07) is 0. The highest BCUT2D eigenvalue weighted by atomic mass is 79.9. The monoisotopic (exact) mass is 223 g/mol. The average molecular weight is 224 g/mol. The fourth-order valence-electron chi connectivity index (χ4n) is 0.928. The molecule has 4 nitrogen and oxygen atoms in total. The van der Waals surface area contributed by atoms with Crippen LogP contribution < -0.4 is 5.73 Å². The van der Waals surface area contributed by atoms with Gasteiger partial charge in [-0.1, -0.05) is 0 Å². The van der Waals surface area contributed by atoms with E-state index in [1.54, 1.807) is 7.11 Å². The Balaban J connectivity index is 0.000001000. The number of rotatable bonds is 3. The van der Waals surface area contributed by atoms with E-state index in [0.29, 0.717) is 5.96 Å². The molecular formula is C6H14BrN3O. The molecule has 0 aromatic heterocycles. The van der Waals surface area contributed by atoms with Crippen molar-refractivity contribution in [3.8, 4) is 0 Å². The summed E-state index contributed by atoms with van der Waals surface area (Å²) in [5, 5.41) is 0. The summed E-state index contributed by atoms with van der Waals surface area (Å²) in [5.74, 6) is 0.650. The number of aliphatic imine (C=N–C) groups is 1. The van der Waals surface area contributed by atoms with E-state index in [0.717, 1.165) is 26.2 Å². The molecule has 1 aliphatic heterocycles. The van der Waals surface area contributed by atoms with Crippen molar-refractivity contribution >= 4 is 22.9 Å². The van der Waals surface area contributed by atoms with Gasteiger partial charge in [0.05, 0.1) is 13.2 Å². The lowest BCUT2D eigenvalue weighted by atomic mass is 10.5. The van der Waals surface area contributed by atoms with Gasteiger partial charge in [-0.15, -0.1) is 17.0 Å². The van der Waals surface area contributed by atoms with E-state index in [-0.39, 0.29) is 17.0 Å². The zero-order valence-electron chi connectivity index (χ0n) is 6.62. The summed E-state index contributed by atoms with van der Waals surface area (Å²) >= 11 is 0. The third-order valence-electron chi connectivity index (χ3n) is 1.53. The SMILES string of the molecule is Br.COCCN1CCN=C1N. The second kappa shape index (κ2) is 5.37. The number of hydrogen-bond donors (Lipinski definition) is 1. The van der Waals surface area contributed by atoms with Crippen LogP contribution in [0.25, 0.3) is 0 Å². The lowest BCUT2D eigenvalue weighted by Crippen LogP contribution is -2.36. The first kappa shape index (κ1) is 10.7. The third kappa shape index (κ3) is 3.07. The van der Waals surface area contributed by atoms with Crippen molar-refractivity contribution in [2.75, 3.05) is 33.4 Å². The molecule has 0 aromatic carbocycles. The molecule has 0 spiro atoms. The standard InChI is InChI=1S/C6H13N3O.BrH/c1-10-5-4-9-3-2-8-6(9)7;/h2-5H2,1H3,(H2,7,8);1H. The molecule has 0 amide bonds. The van der Waals surface area contributed by atoms with Crippen molar-refractivity contribution < 1.29 is 4.74 Å². The van der Waals surface area contributed by atoms with Crippen molar-refractivity contribution in [2.24, 2.45) is 10.7 Å². The molecule has 0 bridgehead atoms. The lowest BCUT2D eigenvalue weighted by Gasteiger charge is -2.15. The summed E-state index contributed by atoms with van der Waals surface area (Å²) in [6.07, 6.45) is 0. The number of guanidine groups is 1. The van der Waals surface area contributed by atoms with Gasteiger partial charge in [-0.25, -0.2) is 0 Å². The lowest BCUT2D eigenvalue weighted by molar-refractivity contribution is 0.179. The molecule has 1 rings (SSSR count). The second-order valence-corrected chi connectivity index (χ2v) is 2.22. The van der Waals surface area contributed by atoms with Crippen LogP contribution >= 0.6 is 17.0 Å². The van der Waals surface area contributed by atoms with Crippen LogP contribution in [0.15, 0.2) is 4.99 Å². The predicted octanol–water partition coefficient (Wildman–Crippen LogP) is -0.159. The molecule has 0 aromatic rings. The van der Waals surface area contributed by atoms with E-state index >= 15 is 0 Å². The van der Waals surface area contributed by atoms with Crippen molar-refractivity contribution in [1.29, 1.82) is 0 Å². The fourth-order valence-corrected chi connectivity index (χ4v) is 0.928. The van der Waals surface area contributed by atoms with Gasteiger partial charge in [0.1, 0.15) is 0 Å². The summed E-state index contributed by atoms with van der Waals surface area (Å²) in [7, 11) is 1.68. The molecule has 0 fully saturated rings. The smallest absolute Gasteiger partial charge is 0.191 e. The van der Waals surface area contributed by atoms with Crippen LogP contribution in [0.2, 0.25) is 0 Å². The Morgan fingerprint density at radius 1 is 1.73 bits per heavy atom. The molecule has 1 heterocycles. The molecule has 0 unspecified atom stereocenters. The Hall–Kier alpha value is -0.290. The maximum absolute atomic E-state index is 5.54.